The Bertz CT molecular complexity index is 511. The highest BCUT2D eigenvalue weighted by Gasteiger charge is 2.10. The number of nitrogens with one attached hydrogen (secondary N) is 1. The molecule has 2 rings (SSSR count). The molecule has 0 aromatic carbocycles. The van der Waals surface area contributed by atoms with E-state index in [0.717, 1.165) is 11.6 Å². The molecule has 5 nitrogen and oxygen atoms in total. The number of aromatic nitrogens is 2. The van der Waals surface area contributed by atoms with Gasteiger partial charge in [0.05, 0.1) is 5.00 Å². The summed E-state index contributed by atoms with van der Waals surface area (Å²) in [6.45, 7) is 3.38. The van der Waals surface area contributed by atoms with Crippen LogP contribution in [0.15, 0.2) is 23.8 Å². The Morgan fingerprint density at radius 1 is 1.44 bits per heavy atom. The molecule has 0 saturated carbocycles. The number of hydrogen-bond acceptors (Lipinski definition) is 6. The zero-order valence-electron chi connectivity index (χ0n) is 10.6. The second-order valence-electron chi connectivity index (χ2n) is 3.94. The molecule has 0 aliphatic rings. The molecule has 96 valence electrons. The first-order valence-electron chi connectivity index (χ1n) is 5.76. The fourth-order valence-corrected chi connectivity index (χ4v) is 2.55. The molecule has 6 heteroatoms. The van der Waals surface area contributed by atoms with E-state index >= 15 is 0 Å². The van der Waals surface area contributed by atoms with Gasteiger partial charge in [-0.15, -0.1) is 11.3 Å². The lowest BCUT2D eigenvalue weighted by atomic mass is 10.3. The van der Waals surface area contributed by atoms with Crippen molar-refractivity contribution in [2.75, 3.05) is 30.4 Å². The minimum Gasteiger partial charge on any atom is -0.369 e. The predicted octanol–water partition coefficient (Wildman–Crippen LogP) is 1.99. The maximum Gasteiger partial charge on any atom is 0.138 e. The third-order valence-corrected chi connectivity index (χ3v) is 3.68. The first kappa shape index (κ1) is 12.8. The van der Waals surface area contributed by atoms with Crippen molar-refractivity contribution in [3.8, 4) is 0 Å². The summed E-state index contributed by atoms with van der Waals surface area (Å²) in [5.41, 5.74) is 6.70. The van der Waals surface area contributed by atoms with Crippen LogP contribution in [0.5, 0.6) is 0 Å². The Hall–Kier alpha value is -1.66. The fourth-order valence-electron chi connectivity index (χ4n) is 1.64. The quantitative estimate of drug-likeness (QED) is 0.863. The molecule has 0 aliphatic heterocycles. The Balaban J connectivity index is 2.20. The van der Waals surface area contributed by atoms with Crippen molar-refractivity contribution in [3.05, 3.63) is 29.4 Å². The number of hydrogen-bond donors (Lipinski definition) is 2. The van der Waals surface area contributed by atoms with Crippen molar-refractivity contribution in [1.82, 2.24) is 9.97 Å². The van der Waals surface area contributed by atoms with Crippen LogP contribution >= 0.6 is 11.3 Å². The zero-order valence-corrected chi connectivity index (χ0v) is 11.4. The van der Waals surface area contributed by atoms with Gasteiger partial charge in [0.1, 0.15) is 18.0 Å². The van der Waals surface area contributed by atoms with E-state index in [1.807, 2.05) is 13.1 Å². The van der Waals surface area contributed by atoms with Gasteiger partial charge in [0.2, 0.25) is 0 Å². The van der Waals surface area contributed by atoms with Crippen LogP contribution in [0.2, 0.25) is 0 Å². The second-order valence-corrected chi connectivity index (χ2v) is 4.84. The molecule has 0 bridgehead atoms. The van der Waals surface area contributed by atoms with Gasteiger partial charge in [0.25, 0.3) is 0 Å². The molecule has 2 heterocycles. The van der Waals surface area contributed by atoms with Crippen molar-refractivity contribution < 1.29 is 0 Å². The average Bonchev–Trinajstić information content (AvgIpc) is 2.82. The highest BCUT2D eigenvalue weighted by Crippen LogP contribution is 2.30. The lowest BCUT2D eigenvalue weighted by molar-refractivity contribution is 0.999. The summed E-state index contributed by atoms with van der Waals surface area (Å²) in [6, 6.07) is 4.03. The van der Waals surface area contributed by atoms with Crippen molar-refractivity contribution in [2.45, 2.75) is 6.92 Å². The summed E-state index contributed by atoms with van der Waals surface area (Å²) < 4.78 is 0. The van der Waals surface area contributed by atoms with Crippen LogP contribution in [-0.4, -0.2) is 30.1 Å². The molecule has 0 aliphatic carbocycles. The van der Waals surface area contributed by atoms with Crippen molar-refractivity contribution in [3.63, 3.8) is 0 Å². The smallest absolute Gasteiger partial charge is 0.138 e. The van der Waals surface area contributed by atoms with Gasteiger partial charge in [-0.25, -0.2) is 9.97 Å². The van der Waals surface area contributed by atoms with Crippen LogP contribution in [0.1, 0.15) is 5.56 Å². The Morgan fingerprint density at radius 3 is 2.94 bits per heavy atom. The lowest BCUT2D eigenvalue weighted by Crippen LogP contribution is -2.15. The molecule has 0 radical (unpaired) electrons. The molecule has 0 spiro atoms. The van der Waals surface area contributed by atoms with Crippen molar-refractivity contribution in [2.24, 2.45) is 5.73 Å². The van der Waals surface area contributed by atoms with Gasteiger partial charge < -0.3 is 16.0 Å². The standard InChI is InChI=1S/C12H17N5S/c1-9-3-6-18-12(9)17(2)11-7-10(14-5-4-13)15-8-16-11/h3,6-8H,4-5,13H2,1-2H3,(H,14,15,16). The maximum absolute atomic E-state index is 5.46. The molecule has 0 saturated heterocycles. The monoisotopic (exact) mass is 263 g/mol. The first-order valence-corrected chi connectivity index (χ1v) is 6.64. The van der Waals surface area contributed by atoms with Crippen LogP contribution in [-0.2, 0) is 0 Å². The zero-order chi connectivity index (χ0) is 13.0. The summed E-state index contributed by atoms with van der Waals surface area (Å²) in [7, 11) is 2.01. The summed E-state index contributed by atoms with van der Waals surface area (Å²) in [6.07, 6.45) is 1.56. The van der Waals surface area contributed by atoms with Crippen LogP contribution in [0.4, 0.5) is 16.6 Å². The van der Waals surface area contributed by atoms with E-state index in [9.17, 15) is 0 Å². The Kier molecular flexibility index (Phi) is 4.11. The molecule has 2 aromatic rings. The molecule has 3 N–H and O–H groups in total. The van der Waals surface area contributed by atoms with Crippen molar-refractivity contribution in [1.29, 1.82) is 0 Å². The van der Waals surface area contributed by atoms with Crippen LogP contribution in [0.3, 0.4) is 0 Å². The molecular weight excluding hydrogens is 246 g/mol. The van der Waals surface area contributed by atoms with E-state index in [0.29, 0.717) is 13.1 Å². The SMILES string of the molecule is Cc1ccsc1N(C)c1cc(NCCN)ncn1. The van der Waals surface area contributed by atoms with E-state index in [2.05, 4.69) is 38.6 Å². The minimum atomic E-state index is 0.583. The number of thiophene rings is 1. The predicted molar refractivity (Wildman–Crippen MR) is 76.7 cm³/mol. The van der Waals surface area contributed by atoms with Gasteiger partial charge in [0, 0.05) is 26.2 Å². The topological polar surface area (TPSA) is 67.1 Å². The van der Waals surface area contributed by atoms with E-state index in [4.69, 9.17) is 5.73 Å². The van der Waals surface area contributed by atoms with Gasteiger partial charge in [-0.1, -0.05) is 0 Å². The van der Waals surface area contributed by atoms with Gasteiger partial charge in [-0.2, -0.15) is 0 Å². The number of rotatable bonds is 5. The van der Waals surface area contributed by atoms with E-state index in [1.54, 1.807) is 17.7 Å². The third-order valence-electron chi connectivity index (χ3n) is 2.59. The van der Waals surface area contributed by atoms with E-state index < -0.39 is 0 Å². The molecule has 0 unspecified atom stereocenters. The second kappa shape index (κ2) is 5.79. The van der Waals surface area contributed by atoms with Gasteiger partial charge in [0.15, 0.2) is 0 Å². The number of nitrogens with two attached hydrogens (primary N) is 1. The third kappa shape index (κ3) is 2.77. The van der Waals surface area contributed by atoms with Crippen LogP contribution in [0.25, 0.3) is 0 Å². The molecule has 18 heavy (non-hydrogen) atoms. The normalized spacial score (nSPS) is 10.4. The highest BCUT2D eigenvalue weighted by molar-refractivity contribution is 7.14. The maximum atomic E-state index is 5.46. The summed E-state index contributed by atoms with van der Waals surface area (Å²) >= 11 is 1.70. The first-order chi connectivity index (χ1) is 8.72. The molecule has 0 fully saturated rings. The minimum absolute atomic E-state index is 0.583. The van der Waals surface area contributed by atoms with Crippen LogP contribution < -0.4 is 16.0 Å². The number of nitrogens with zero attached hydrogens (tertiary/aromatic N) is 3. The Morgan fingerprint density at radius 2 is 2.28 bits per heavy atom. The molecule has 0 amide bonds. The molecule has 2 aromatic heterocycles. The van der Waals surface area contributed by atoms with Crippen molar-refractivity contribution >= 4 is 28.0 Å². The molecular formula is C12H17N5S. The number of anilines is 3. The van der Waals surface area contributed by atoms with Crippen LogP contribution in [0, 0.1) is 6.92 Å². The largest absolute Gasteiger partial charge is 0.369 e. The fraction of sp³-hybridized carbons (Fsp3) is 0.333. The Labute approximate surface area is 111 Å². The summed E-state index contributed by atoms with van der Waals surface area (Å²) in [5, 5.41) is 6.42. The summed E-state index contributed by atoms with van der Waals surface area (Å²) in [5.74, 6) is 1.67. The average molecular weight is 263 g/mol. The van der Waals surface area contributed by atoms with Gasteiger partial charge in [-0.3, -0.25) is 0 Å². The van der Waals surface area contributed by atoms with Gasteiger partial charge >= 0.3 is 0 Å². The lowest BCUT2D eigenvalue weighted by Gasteiger charge is -2.17. The number of aryl methyl sites for hydroxylation is 1. The van der Waals surface area contributed by atoms with E-state index in [-0.39, 0.29) is 0 Å². The summed E-state index contributed by atoms with van der Waals surface area (Å²) in [4.78, 5) is 10.5. The van der Waals surface area contributed by atoms with Gasteiger partial charge in [-0.05, 0) is 23.9 Å². The molecule has 0 atom stereocenters. The highest BCUT2D eigenvalue weighted by atomic mass is 32.1. The van der Waals surface area contributed by atoms with E-state index in [1.165, 1.54) is 10.6 Å².